The number of nitrogens with zero attached hydrogens (tertiary/aromatic N) is 6. The maximum atomic E-state index is 13.1. The van der Waals surface area contributed by atoms with Crippen molar-refractivity contribution >= 4 is 20.0 Å². The highest BCUT2D eigenvalue weighted by Crippen LogP contribution is 2.25. The van der Waals surface area contributed by atoms with Gasteiger partial charge in [-0.05, 0) is 20.3 Å². The van der Waals surface area contributed by atoms with Crippen molar-refractivity contribution < 1.29 is 16.8 Å². The van der Waals surface area contributed by atoms with E-state index in [1.807, 2.05) is 0 Å². The first-order chi connectivity index (χ1) is 12.5. The van der Waals surface area contributed by atoms with Crippen LogP contribution < -0.4 is 0 Å². The van der Waals surface area contributed by atoms with Gasteiger partial charge in [-0.15, -0.1) is 0 Å². The summed E-state index contributed by atoms with van der Waals surface area (Å²) in [5.74, 6) is 0. The summed E-state index contributed by atoms with van der Waals surface area (Å²) in [5, 5.41) is 4.16. The Bertz CT molecular complexity index is 1050. The number of hydrogen-bond acceptors (Lipinski definition) is 6. The monoisotopic (exact) mass is 416 g/mol. The largest absolute Gasteiger partial charge is 0.339 e. The average Bonchev–Trinajstić information content (AvgIpc) is 3.00. The van der Waals surface area contributed by atoms with Crippen LogP contribution >= 0.6 is 0 Å². The van der Waals surface area contributed by atoms with Gasteiger partial charge in [0.2, 0.25) is 10.0 Å². The van der Waals surface area contributed by atoms with Crippen molar-refractivity contribution in [2.24, 2.45) is 14.1 Å². The van der Waals surface area contributed by atoms with Crippen LogP contribution in [-0.4, -0.2) is 71.0 Å². The van der Waals surface area contributed by atoms with Gasteiger partial charge in [-0.2, -0.15) is 13.7 Å². The first-order valence-corrected chi connectivity index (χ1v) is 11.4. The molecule has 3 rings (SSSR count). The molecule has 0 amide bonds. The van der Waals surface area contributed by atoms with E-state index in [-0.39, 0.29) is 36.1 Å². The summed E-state index contributed by atoms with van der Waals surface area (Å²) in [6.07, 6.45) is 3.27. The second-order valence-corrected chi connectivity index (χ2v) is 10.4. The Morgan fingerprint density at radius 2 is 1.52 bits per heavy atom. The zero-order valence-corrected chi connectivity index (χ0v) is 17.5. The smallest absolute Gasteiger partial charge is 0.262 e. The van der Waals surface area contributed by atoms with Gasteiger partial charge in [0.05, 0.1) is 17.7 Å². The third kappa shape index (κ3) is 3.53. The molecule has 10 nitrogen and oxygen atoms in total. The molecule has 0 aliphatic carbocycles. The van der Waals surface area contributed by atoms with Gasteiger partial charge in [-0.25, -0.2) is 21.8 Å². The van der Waals surface area contributed by atoms with Gasteiger partial charge in [0.25, 0.3) is 10.0 Å². The number of aryl methyl sites for hydroxylation is 3. The van der Waals surface area contributed by atoms with Crippen LogP contribution in [0.4, 0.5) is 0 Å². The first kappa shape index (κ1) is 20.0. The SMILES string of the molecule is Cc1nn(C)c(C)c1S(=O)(=O)N1CCCN(S(=O)(=O)c2cn(C)cn2)CC1. The van der Waals surface area contributed by atoms with Gasteiger partial charge in [-0.1, -0.05) is 0 Å². The van der Waals surface area contributed by atoms with E-state index in [0.29, 0.717) is 17.8 Å². The summed E-state index contributed by atoms with van der Waals surface area (Å²) >= 11 is 0. The number of hydrogen-bond donors (Lipinski definition) is 0. The van der Waals surface area contributed by atoms with Crippen LogP contribution in [0.15, 0.2) is 22.4 Å². The maximum absolute atomic E-state index is 13.1. The summed E-state index contributed by atoms with van der Waals surface area (Å²) in [6, 6.07) is 0. The van der Waals surface area contributed by atoms with Gasteiger partial charge in [0.15, 0.2) is 5.03 Å². The van der Waals surface area contributed by atoms with Crippen LogP contribution in [0, 0.1) is 13.8 Å². The van der Waals surface area contributed by atoms with Gasteiger partial charge < -0.3 is 4.57 Å². The van der Waals surface area contributed by atoms with Crippen LogP contribution in [0.25, 0.3) is 0 Å². The van der Waals surface area contributed by atoms with Gasteiger partial charge in [0.1, 0.15) is 4.90 Å². The van der Waals surface area contributed by atoms with E-state index in [1.165, 1.54) is 25.8 Å². The summed E-state index contributed by atoms with van der Waals surface area (Å²) in [7, 11) is -4.10. The predicted molar refractivity (Wildman–Crippen MR) is 98.0 cm³/mol. The van der Waals surface area contributed by atoms with E-state index < -0.39 is 20.0 Å². The van der Waals surface area contributed by atoms with Crippen molar-refractivity contribution in [3.8, 4) is 0 Å². The van der Waals surface area contributed by atoms with E-state index in [9.17, 15) is 16.8 Å². The van der Waals surface area contributed by atoms with Crippen LogP contribution in [0.3, 0.4) is 0 Å². The summed E-state index contributed by atoms with van der Waals surface area (Å²) < 4.78 is 57.5. The highest BCUT2D eigenvalue weighted by atomic mass is 32.2. The van der Waals surface area contributed by atoms with Crippen LogP contribution in [0.2, 0.25) is 0 Å². The fraction of sp³-hybridized carbons (Fsp3) is 0.600. The minimum absolute atomic E-state index is 0.0275. The topological polar surface area (TPSA) is 110 Å². The molecular formula is C15H24N6O4S2. The molecule has 0 spiro atoms. The summed E-state index contributed by atoms with van der Waals surface area (Å²) in [5.41, 5.74) is 1.01. The molecule has 1 aliphatic rings. The summed E-state index contributed by atoms with van der Waals surface area (Å²) in [4.78, 5) is 4.13. The number of aromatic nitrogens is 4. The van der Waals surface area contributed by atoms with Crippen molar-refractivity contribution in [1.82, 2.24) is 27.9 Å². The Labute approximate surface area is 159 Å². The number of sulfonamides is 2. The zero-order chi connectivity index (χ0) is 20.0. The Morgan fingerprint density at radius 1 is 0.926 bits per heavy atom. The molecule has 1 fully saturated rings. The molecule has 0 atom stereocenters. The molecule has 1 aliphatic heterocycles. The van der Waals surface area contributed by atoms with Crippen LogP contribution in [-0.2, 0) is 34.1 Å². The van der Waals surface area contributed by atoms with E-state index in [1.54, 1.807) is 32.5 Å². The summed E-state index contributed by atoms with van der Waals surface area (Å²) in [6.45, 7) is 4.04. The van der Waals surface area contributed by atoms with Gasteiger partial charge >= 0.3 is 0 Å². The third-order valence-corrected chi connectivity index (χ3v) is 8.68. The average molecular weight is 417 g/mol. The van der Waals surface area contributed by atoms with Crippen molar-refractivity contribution in [1.29, 1.82) is 0 Å². The van der Waals surface area contributed by atoms with Crippen molar-refractivity contribution in [2.45, 2.75) is 30.2 Å². The zero-order valence-electron chi connectivity index (χ0n) is 15.8. The Balaban J connectivity index is 1.84. The van der Waals surface area contributed by atoms with E-state index in [4.69, 9.17) is 0 Å². The molecule has 3 heterocycles. The second kappa shape index (κ2) is 7.00. The first-order valence-electron chi connectivity index (χ1n) is 8.53. The molecule has 2 aromatic rings. The standard InChI is InChI=1S/C15H24N6O4S2/c1-12-15(13(2)19(4)17-12)27(24,25)21-7-5-6-20(8-9-21)26(22,23)14-10-18(3)11-16-14/h10-11H,5-9H2,1-4H3. The van der Waals surface area contributed by atoms with E-state index in [0.717, 1.165) is 0 Å². The lowest BCUT2D eigenvalue weighted by atomic mass is 10.4. The second-order valence-electron chi connectivity index (χ2n) is 6.66. The number of rotatable bonds is 4. The molecule has 0 unspecified atom stereocenters. The highest BCUT2D eigenvalue weighted by molar-refractivity contribution is 7.89. The maximum Gasteiger partial charge on any atom is 0.262 e. The molecule has 12 heteroatoms. The molecule has 0 bridgehead atoms. The fourth-order valence-electron chi connectivity index (χ4n) is 3.26. The Hall–Kier alpha value is -1.76. The molecule has 1 saturated heterocycles. The normalized spacial score (nSPS) is 17.9. The van der Waals surface area contributed by atoms with E-state index >= 15 is 0 Å². The van der Waals surface area contributed by atoms with Crippen molar-refractivity contribution in [3.63, 3.8) is 0 Å². The Kier molecular flexibility index (Phi) is 5.18. The molecule has 150 valence electrons. The fourth-order valence-corrected chi connectivity index (χ4v) is 6.57. The molecule has 27 heavy (non-hydrogen) atoms. The lowest BCUT2D eigenvalue weighted by Crippen LogP contribution is -2.37. The molecular weight excluding hydrogens is 392 g/mol. The third-order valence-electron chi connectivity index (χ3n) is 4.74. The quantitative estimate of drug-likeness (QED) is 0.686. The lowest BCUT2D eigenvalue weighted by molar-refractivity contribution is 0.403. The van der Waals surface area contributed by atoms with Crippen molar-refractivity contribution in [3.05, 3.63) is 23.9 Å². The molecule has 0 radical (unpaired) electrons. The van der Waals surface area contributed by atoms with Crippen LogP contribution in [0.5, 0.6) is 0 Å². The van der Waals surface area contributed by atoms with E-state index in [2.05, 4.69) is 10.1 Å². The van der Waals surface area contributed by atoms with Gasteiger partial charge in [0, 0.05) is 46.5 Å². The predicted octanol–water partition coefficient (Wildman–Crippen LogP) is -0.144. The molecule has 0 aromatic carbocycles. The molecule has 2 aromatic heterocycles. The Morgan fingerprint density at radius 3 is 2.00 bits per heavy atom. The molecule has 0 N–H and O–H groups in total. The minimum atomic E-state index is -3.75. The minimum Gasteiger partial charge on any atom is -0.339 e. The van der Waals surface area contributed by atoms with Crippen molar-refractivity contribution in [2.75, 3.05) is 26.2 Å². The van der Waals surface area contributed by atoms with Gasteiger partial charge in [-0.3, -0.25) is 4.68 Å². The van der Waals surface area contributed by atoms with Crippen LogP contribution in [0.1, 0.15) is 17.8 Å². The highest BCUT2D eigenvalue weighted by Gasteiger charge is 2.35. The number of imidazole rings is 1. The molecule has 0 saturated carbocycles. The lowest BCUT2D eigenvalue weighted by Gasteiger charge is -2.21.